The van der Waals surface area contributed by atoms with E-state index in [1.54, 1.807) is 0 Å². The Balaban J connectivity index is 1.99. The van der Waals surface area contributed by atoms with Crippen molar-refractivity contribution in [1.82, 2.24) is 19.3 Å². The lowest BCUT2D eigenvalue weighted by Crippen LogP contribution is -2.40. The van der Waals surface area contributed by atoms with Crippen LogP contribution in [0.15, 0.2) is 20.3 Å². The Morgan fingerprint density at radius 3 is 2.76 bits per heavy atom. The molecular formula is C13H14N4O4. The van der Waals surface area contributed by atoms with E-state index in [0.29, 0.717) is 17.6 Å². The molecule has 1 fully saturated rings. The second-order valence-electron chi connectivity index (χ2n) is 5.20. The van der Waals surface area contributed by atoms with Crippen LogP contribution in [0.25, 0.3) is 0 Å². The van der Waals surface area contributed by atoms with Crippen molar-refractivity contribution in [2.45, 2.75) is 32.2 Å². The Bertz CT molecular complexity index is 825. The lowest BCUT2D eigenvalue weighted by atomic mass is 10.2. The number of carbonyl (C=O) groups is 1. The van der Waals surface area contributed by atoms with Crippen molar-refractivity contribution in [3.63, 3.8) is 0 Å². The van der Waals surface area contributed by atoms with Gasteiger partial charge in [-0.3, -0.25) is 18.7 Å². The molecule has 3 rings (SSSR count). The van der Waals surface area contributed by atoms with Crippen molar-refractivity contribution in [1.29, 1.82) is 0 Å². The molecule has 1 aliphatic carbocycles. The lowest BCUT2D eigenvalue weighted by molar-refractivity contribution is 0.101. The first-order chi connectivity index (χ1) is 9.97. The fourth-order valence-corrected chi connectivity index (χ4v) is 2.06. The minimum absolute atomic E-state index is 0.0389. The van der Waals surface area contributed by atoms with E-state index in [1.807, 2.05) is 0 Å². The van der Waals surface area contributed by atoms with Crippen molar-refractivity contribution < 1.29 is 9.32 Å². The van der Waals surface area contributed by atoms with Gasteiger partial charge in [-0.1, -0.05) is 5.16 Å². The molecule has 110 valence electrons. The van der Waals surface area contributed by atoms with Crippen molar-refractivity contribution in [3.05, 3.63) is 44.3 Å². The summed E-state index contributed by atoms with van der Waals surface area (Å²) in [4.78, 5) is 39.5. The normalized spacial score (nSPS) is 14.4. The molecule has 0 aliphatic heterocycles. The molecule has 21 heavy (non-hydrogen) atoms. The zero-order valence-electron chi connectivity index (χ0n) is 11.7. The van der Waals surface area contributed by atoms with Gasteiger partial charge >= 0.3 is 5.69 Å². The summed E-state index contributed by atoms with van der Waals surface area (Å²) in [5, 5.41) is 3.82. The van der Waals surface area contributed by atoms with Crippen LogP contribution in [0.2, 0.25) is 0 Å². The standard InChI is InChI=1S/C13H14N4O4/c1-7(18)9-5-17(13(20)16(2)12(9)19)6-10-14-11(21-15-10)8-3-4-8/h5,8H,3-4,6H2,1-2H3. The molecule has 0 N–H and O–H groups in total. The Morgan fingerprint density at radius 2 is 2.14 bits per heavy atom. The highest BCUT2D eigenvalue weighted by molar-refractivity contribution is 5.93. The number of hydrogen-bond donors (Lipinski definition) is 0. The molecule has 0 aromatic carbocycles. The first kappa shape index (κ1) is 13.5. The lowest BCUT2D eigenvalue weighted by Gasteiger charge is -2.07. The van der Waals surface area contributed by atoms with Gasteiger partial charge in [0.15, 0.2) is 11.6 Å². The molecule has 0 saturated heterocycles. The van der Waals surface area contributed by atoms with E-state index in [-0.39, 0.29) is 12.1 Å². The number of nitrogens with zero attached hydrogens (tertiary/aromatic N) is 4. The molecule has 8 nitrogen and oxygen atoms in total. The van der Waals surface area contributed by atoms with Gasteiger partial charge < -0.3 is 4.52 Å². The zero-order valence-corrected chi connectivity index (χ0v) is 11.7. The largest absolute Gasteiger partial charge is 0.339 e. The molecule has 1 saturated carbocycles. The number of hydrogen-bond acceptors (Lipinski definition) is 6. The number of ketones is 1. The van der Waals surface area contributed by atoms with E-state index >= 15 is 0 Å². The second-order valence-corrected chi connectivity index (χ2v) is 5.20. The molecule has 0 atom stereocenters. The Labute approximate surface area is 119 Å². The third-order valence-electron chi connectivity index (χ3n) is 3.45. The number of aromatic nitrogens is 4. The van der Waals surface area contributed by atoms with Crippen LogP contribution in [0.4, 0.5) is 0 Å². The molecule has 0 amide bonds. The van der Waals surface area contributed by atoms with Gasteiger partial charge in [-0.15, -0.1) is 0 Å². The summed E-state index contributed by atoms with van der Waals surface area (Å²) in [6.07, 6.45) is 3.33. The third-order valence-corrected chi connectivity index (χ3v) is 3.45. The summed E-state index contributed by atoms with van der Waals surface area (Å²) >= 11 is 0. The van der Waals surface area contributed by atoms with Gasteiger partial charge in [-0.2, -0.15) is 4.98 Å². The number of rotatable bonds is 4. The smallest absolute Gasteiger partial charge is 0.331 e. The average molecular weight is 290 g/mol. The van der Waals surface area contributed by atoms with E-state index < -0.39 is 17.0 Å². The molecule has 8 heteroatoms. The quantitative estimate of drug-likeness (QED) is 0.738. The number of carbonyl (C=O) groups excluding carboxylic acids is 1. The molecule has 2 aromatic heterocycles. The minimum atomic E-state index is -0.601. The highest BCUT2D eigenvalue weighted by atomic mass is 16.5. The zero-order chi connectivity index (χ0) is 15.1. The Kier molecular flexibility index (Phi) is 3.08. The number of Topliss-reactive ketones (excluding diaryl/α,β-unsaturated/α-hetero) is 1. The minimum Gasteiger partial charge on any atom is -0.339 e. The maximum absolute atomic E-state index is 12.1. The highest BCUT2D eigenvalue weighted by Crippen LogP contribution is 2.38. The maximum Gasteiger partial charge on any atom is 0.331 e. The second kappa shape index (κ2) is 4.80. The van der Waals surface area contributed by atoms with Crippen LogP contribution in [0.5, 0.6) is 0 Å². The van der Waals surface area contributed by atoms with Crippen molar-refractivity contribution in [2.24, 2.45) is 7.05 Å². The van der Waals surface area contributed by atoms with Crippen LogP contribution in [0, 0.1) is 0 Å². The summed E-state index contributed by atoms with van der Waals surface area (Å²) in [7, 11) is 1.33. The summed E-state index contributed by atoms with van der Waals surface area (Å²) in [6.45, 7) is 1.34. The van der Waals surface area contributed by atoms with E-state index in [1.165, 1.54) is 24.7 Å². The predicted octanol–water partition coefficient (Wildman–Crippen LogP) is 0.0583. The van der Waals surface area contributed by atoms with E-state index in [4.69, 9.17) is 4.52 Å². The van der Waals surface area contributed by atoms with E-state index in [0.717, 1.165) is 17.4 Å². The Morgan fingerprint density at radius 1 is 1.43 bits per heavy atom. The average Bonchev–Trinajstić information content (AvgIpc) is 3.19. The van der Waals surface area contributed by atoms with E-state index in [2.05, 4.69) is 10.1 Å². The third kappa shape index (κ3) is 2.44. The van der Waals surface area contributed by atoms with Gasteiger partial charge in [-0.25, -0.2) is 4.79 Å². The van der Waals surface area contributed by atoms with Crippen LogP contribution in [-0.2, 0) is 13.6 Å². The van der Waals surface area contributed by atoms with Crippen LogP contribution in [0.1, 0.15) is 47.8 Å². The van der Waals surface area contributed by atoms with Gasteiger partial charge in [0.1, 0.15) is 0 Å². The molecule has 2 heterocycles. The van der Waals surface area contributed by atoms with Crippen LogP contribution >= 0.6 is 0 Å². The van der Waals surface area contributed by atoms with Gasteiger partial charge in [0.25, 0.3) is 5.56 Å². The van der Waals surface area contributed by atoms with Gasteiger partial charge in [0.05, 0.1) is 12.1 Å². The first-order valence-corrected chi connectivity index (χ1v) is 6.61. The fourth-order valence-electron chi connectivity index (χ4n) is 2.06. The summed E-state index contributed by atoms with van der Waals surface area (Å²) in [5.74, 6) is 0.869. The van der Waals surface area contributed by atoms with Gasteiger partial charge in [-0.05, 0) is 19.8 Å². The van der Waals surface area contributed by atoms with Crippen LogP contribution in [-0.4, -0.2) is 25.1 Å². The molecule has 0 bridgehead atoms. The van der Waals surface area contributed by atoms with Gasteiger partial charge in [0.2, 0.25) is 5.89 Å². The van der Waals surface area contributed by atoms with Crippen molar-refractivity contribution in [3.8, 4) is 0 Å². The molecule has 0 spiro atoms. The topological polar surface area (TPSA) is 100.0 Å². The predicted molar refractivity (Wildman–Crippen MR) is 71.3 cm³/mol. The van der Waals surface area contributed by atoms with Crippen LogP contribution in [0.3, 0.4) is 0 Å². The maximum atomic E-state index is 12.1. The molecule has 1 aliphatic rings. The monoisotopic (exact) mass is 290 g/mol. The molecule has 0 radical (unpaired) electrons. The molecular weight excluding hydrogens is 276 g/mol. The molecule has 0 unspecified atom stereocenters. The molecule has 2 aromatic rings. The van der Waals surface area contributed by atoms with Crippen LogP contribution < -0.4 is 11.2 Å². The van der Waals surface area contributed by atoms with Crippen molar-refractivity contribution >= 4 is 5.78 Å². The van der Waals surface area contributed by atoms with Crippen molar-refractivity contribution in [2.75, 3.05) is 0 Å². The highest BCUT2D eigenvalue weighted by Gasteiger charge is 2.29. The van der Waals surface area contributed by atoms with Gasteiger partial charge in [0, 0.05) is 19.2 Å². The summed E-state index contributed by atoms with van der Waals surface area (Å²) in [5.41, 5.74) is -1.17. The SMILES string of the molecule is CC(=O)c1cn(Cc2noc(C3CC3)n2)c(=O)n(C)c1=O. The Hall–Kier alpha value is -2.51. The summed E-state index contributed by atoms with van der Waals surface area (Å²) < 4.78 is 7.26. The first-order valence-electron chi connectivity index (χ1n) is 6.61. The summed E-state index contributed by atoms with van der Waals surface area (Å²) in [6, 6.07) is 0. The fraction of sp³-hybridized carbons (Fsp3) is 0.462. The van der Waals surface area contributed by atoms with E-state index in [9.17, 15) is 14.4 Å².